The molecule has 1 atom stereocenters. The van der Waals surface area contributed by atoms with Crippen LogP contribution in [0.5, 0.6) is 0 Å². The van der Waals surface area contributed by atoms with E-state index in [1.807, 2.05) is 0 Å². The van der Waals surface area contributed by atoms with Gasteiger partial charge in [-0.05, 0) is 44.4 Å². The van der Waals surface area contributed by atoms with Gasteiger partial charge in [0.1, 0.15) is 0 Å². The number of allylic oxidation sites excluding steroid dienone is 6. The summed E-state index contributed by atoms with van der Waals surface area (Å²) < 4.78 is 0. The predicted octanol–water partition coefficient (Wildman–Crippen LogP) is 7.77. The first kappa shape index (κ1) is 19.3. The van der Waals surface area contributed by atoms with E-state index in [1.165, 1.54) is 83.5 Å². The molecule has 1 aliphatic carbocycles. The second kappa shape index (κ2) is 13.9. The fourth-order valence-corrected chi connectivity index (χ4v) is 3.14. The number of hydrogen-bond acceptors (Lipinski definition) is 0. The van der Waals surface area contributed by atoms with Gasteiger partial charge in [0.2, 0.25) is 0 Å². The summed E-state index contributed by atoms with van der Waals surface area (Å²) in [6.07, 6.45) is 29.4. The van der Waals surface area contributed by atoms with Crippen LogP contribution in [0.15, 0.2) is 36.0 Å². The highest BCUT2D eigenvalue weighted by atomic mass is 14.1. The standard InChI is InChI=1S/C22H38/c1-3-4-5-6-8-11-16-21(2)17-12-9-7-10-13-18-22-19-14-15-20-22/h11,14-16,19,21H,3-10,12-13,17-18,20H2,1-2H3/b16-11+. The third kappa shape index (κ3) is 10.9. The molecule has 0 spiro atoms. The lowest BCUT2D eigenvalue weighted by Gasteiger charge is -2.06. The Labute approximate surface area is 139 Å². The lowest BCUT2D eigenvalue weighted by atomic mass is 10.00. The molecule has 1 unspecified atom stereocenters. The Kier molecular flexibility index (Phi) is 12.1. The van der Waals surface area contributed by atoms with Crippen molar-refractivity contribution in [3.05, 3.63) is 36.0 Å². The quantitative estimate of drug-likeness (QED) is 0.227. The van der Waals surface area contributed by atoms with Gasteiger partial charge in [-0.25, -0.2) is 0 Å². The number of hydrogen-bond donors (Lipinski definition) is 0. The second-order valence-electron chi connectivity index (χ2n) is 7.02. The first-order valence-corrected chi connectivity index (χ1v) is 9.84. The zero-order valence-electron chi connectivity index (χ0n) is 15.2. The second-order valence-corrected chi connectivity index (χ2v) is 7.02. The SMILES string of the molecule is CCCCCC/C=C/C(C)CCCCCCCC1=CC=CC1. The number of unbranched alkanes of at least 4 members (excludes halogenated alkanes) is 8. The van der Waals surface area contributed by atoms with Crippen LogP contribution in [0, 0.1) is 5.92 Å². The average molecular weight is 303 g/mol. The smallest absolute Gasteiger partial charge is 0.0133 e. The summed E-state index contributed by atoms with van der Waals surface area (Å²) in [5.41, 5.74) is 1.64. The molecule has 0 aromatic carbocycles. The van der Waals surface area contributed by atoms with Crippen molar-refractivity contribution < 1.29 is 0 Å². The van der Waals surface area contributed by atoms with E-state index in [4.69, 9.17) is 0 Å². The minimum Gasteiger partial charge on any atom is -0.0883 e. The molecule has 0 heterocycles. The molecule has 0 nitrogen and oxygen atoms in total. The third-order valence-electron chi connectivity index (χ3n) is 4.69. The van der Waals surface area contributed by atoms with Crippen molar-refractivity contribution in [3.8, 4) is 0 Å². The van der Waals surface area contributed by atoms with Crippen LogP contribution >= 0.6 is 0 Å². The molecule has 0 bridgehead atoms. The Balaban J connectivity index is 1.83. The van der Waals surface area contributed by atoms with Crippen molar-refractivity contribution in [2.45, 2.75) is 97.3 Å². The summed E-state index contributed by atoms with van der Waals surface area (Å²) in [6, 6.07) is 0. The van der Waals surface area contributed by atoms with Crippen molar-refractivity contribution in [2.75, 3.05) is 0 Å². The summed E-state index contributed by atoms with van der Waals surface area (Å²) in [7, 11) is 0. The van der Waals surface area contributed by atoms with Crippen LogP contribution in [0.2, 0.25) is 0 Å². The molecule has 0 N–H and O–H groups in total. The van der Waals surface area contributed by atoms with Crippen molar-refractivity contribution in [3.63, 3.8) is 0 Å². The van der Waals surface area contributed by atoms with E-state index >= 15 is 0 Å². The summed E-state index contributed by atoms with van der Waals surface area (Å²) in [6.45, 7) is 4.66. The van der Waals surface area contributed by atoms with E-state index in [2.05, 4.69) is 44.2 Å². The van der Waals surface area contributed by atoms with Gasteiger partial charge in [0, 0.05) is 0 Å². The molecular weight excluding hydrogens is 264 g/mol. The lowest BCUT2D eigenvalue weighted by Crippen LogP contribution is -1.90. The van der Waals surface area contributed by atoms with E-state index in [1.54, 1.807) is 5.57 Å². The molecule has 126 valence electrons. The Morgan fingerprint density at radius 3 is 2.55 bits per heavy atom. The highest BCUT2D eigenvalue weighted by Crippen LogP contribution is 2.19. The highest BCUT2D eigenvalue weighted by Gasteiger charge is 2.00. The Hall–Kier alpha value is -0.780. The van der Waals surface area contributed by atoms with Gasteiger partial charge in [-0.1, -0.05) is 94.7 Å². The molecule has 0 radical (unpaired) electrons. The maximum atomic E-state index is 2.45. The van der Waals surface area contributed by atoms with E-state index in [0.29, 0.717) is 0 Å². The summed E-state index contributed by atoms with van der Waals surface area (Å²) >= 11 is 0. The molecule has 0 saturated carbocycles. The van der Waals surface area contributed by atoms with Crippen LogP contribution in [-0.4, -0.2) is 0 Å². The first-order chi connectivity index (χ1) is 10.8. The van der Waals surface area contributed by atoms with Crippen LogP contribution in [0.3, 0.4) is 0 Å². The van der Waals surface area contributed by atoms with Crippen LogP contribution in [0.4, 0.5) is 0 Å². The Morgan fingerprint density at radius 2 is 1.77 bits per heavy atom. The lowest BCUT2D eigenvalue weighted by molar-refractivity contribution is 0.543. The maximum Gasteiger partial charge on any atom is -0.0133 e. The minimum atomic E-state index is 0.779. The molecule has 0 aliphatic heterocycles. The van der Waals surface area contributed by atoms with Gasteiger partial charge in [0.15, 0.2) is 0 Å². The maximum absolute atomic E-state index is 2.45. The fraction of sp³-hybridized carbons (Fsp3) is 0.727. The number of rotatable bonds is 14. The molecule has 1 rings (SSSR count). The van der Waals surface area contributed by atoms with Crippen molar-refractivity contribution in [1.82, 2.24) is 0 Å². The zero-order valence-corrected chi connectivity index (χ0v) is 15.2. The van der Waals surface area contributed by atoms with E-state index in [9.17, 15) is 0 Å². The molecule has 0 amide bonds. The van der Waals surface area contributed by atoms with Gasteiger partial charge in [-0.15, -0.1) is 0 Å². The molecular formula is C22H38. The monoisotopic (exact) mass is 302 g/mol. The topological polar surface area (TPSA) is 0 Å². The van der Waals surface area contributed by atoms with Gasteiger partial charge in [-0.3, -0.25) is 0 Å². The molecule has 22 heavy (non-hydrogen) atoms. The van der Waals surface area contributed by atoms with Crippen LogP contribution in [-0.2, 0) is 0 Å². The minimum absolute atomic E-state index is 0.779. The largest absolute Gasteiger partial charge is 0.0883 e. The third-order valence-corrected chi connectivity index (χ3v) is 4.69. The van der Waals surface area contributed by atoms with Crippen molar-refractivity contribution in [1.29, 1.82) is 0 Å². The van der Waals surface area contributed by atoms with Gasteiger partial charge >= 0.3 is 0 Å². The molecule has 0 aromatic heterocycles. The van der Waals surface area contributed by atoms with E-state index in [0.717, 1.165) is 5.92 Å². The van der Waals surface area contributed by atoms with E-state index < -0.39 is 0 Å². The summed E-state index contributed by atoms with van der Waals surface area (Å²) in [5.74, 6) is 0.779. The Bertz CT molecular complexity index is 332. The zero-order chi connectivity index (χ0) is 15.9. The van der Waals surface area contributed by atoms with Crippen LogP contribution in [0.1, 0.15) is 97.3 Å². The van der Waals surface area contributed by atoms with E-state index in [-0.39, 0.29) is 0 Å². The average Bonchev–Trinajstić information content (AvgIpc) is 3.03. The van der Waals surface area contributed by atoms with Gasteiger partial charge in [-0.2, -0.15) is 0 Å². The fourth-order valence-electron chi connectivity index (χ4n) is 3.14. The summed E-state index contributed by atoms with van der Waals surface area (Å²) in [5, 5.41) is 0. The van der Waals surface area contributed by atoms with Crippen molar-refractivity contribution in [2.24, 2.45) is 5.92 Å². The molecule has 0 aromatic rings. The first-order valence-electron chi connectivity index (χ1n) is 9.84. The van der Waals surface area contributed by atoms with Crippen molar-refractivity contribution >= 4 is 0 Å². The molecule has 0 heteroatoms. The van der Waals surface area contributed by atoms with Crippen LogP contribution in [0.25, 0.3) is 0 Å². The highest BCUT2D eigenvalue weighted by molar-refractivity contribution is 5.22. The predicted molar refractivity (Wildman–Crippen MR) is 101 cm³/mol. The Morgan fingerprint density at radius 1 is 1.00 bits per heavy atom. The molecule has 0 saturated heterocycles. The van der Waals surface area contributed by atoms with Gasteiger partial charge in [0.25, 0.3) is 0 Å². The normalized spacial score (nSPS) is 15.6. The van der Waals surface area contributed by atoms with Gasteiger partial charge < -0.3 is 0 Å². The van der Waals surface area contributed by atoms with Gasteiger partial charge in [0.05, 0.1) is 0 Å². The summed E-state index contributed by atoms with van der Waals surface area (Å²) in [4.78, 5) is 0. The molecule has 1 aliphatic rings. The van der Waals surface area contributed by atoms with Crippen LogP contribution < -0.4 is 0 Å². The molecule has 0 fully saturated rings.